The average Bonchev–Trinajstić information content (AvgIpc) is 2.31. The summed E-state index contributed by atoms with van der Waals surface area (Å²) in [4.78, 5) is 15.7. The molecule has 0 rings (SSSR count). The molecule has 0 aliphatic heterocycles. The Morgan fingerprint density at radius 2 is 1.82 bits per heavy atom. The molecule has 1 N–H and O–H groups in total. The minimum absolute atomic E-state index is 0.159. The van der Waals surface area contributed by atoms with Gasteiger partial charge in [-0.25, -0.2) is 0 Å². The first kappa shape index (κ1) is 16.4. The van der Waals surface area contributed by atoms with Gasteiger partial charge >= 0.3 is 0 Å². The van der Waals surface area contributed by atoms with Gasteiger partial charge in [-0.1, -0.05) is 6.92 Å². The van der Waals surface area contributed by atoms with Crippen LogP contribution in [0.3, 0.4) is 0 Å². The average molecular weight is 243 g/mol. The van der Waals surface area contributed by atoms with E-state index in [1.165, 1.54) is 0 Å². The van der Waals surface area contributed by atoms with E-state index in [9.17, 15) is 4.79 Å². The maximum absolute atomic E-state index is 11.7. The van der Waals surface area contributed by atoms with E-state index in [1.54, 1.807) is 4.90 Å². The Morgan fingerprint density at radius 1 is 1.24 bits per heavy atom. The van der Waals surface area contributed by atoms with Crippen molar-refractivity contribution in [1.82, 2.24) is 15.1 Å². The minimum Gasteiger partial charge on any atom is -0.342 e. The van der Waals surface area contributed by atoms with Crippen LogP contribution in [-0.2, 0) is 4.79 Å². The molecule has 1 atom stereocenters. The number of carbonyl (C=O) groups excluding carboxylic acids is 1. The fourth-order valence-electron chi connectivity index (χ4n) is 1.40. The molecule has 17 heavy (non-hydrogen) atoms. The van der Waals surface area contributed by atoms with Crippen molar-refractivity contribution < 1.29 is 4.79 Å². The molecule has 0 radical (unpaired) electrons. The molecule has 0 heterocycles. The maximum atomic E-state index is 11.7. The first-order valence-electron chi connectivity index (χ1n) is 6.56. The van der Waals surface area contributed by atoms with Crippen molar-refractivity contribution in [2.45, 2.75) is 46.2 Å². The molecule has 1 unspecified atom stereocenters. The van der Waals surface area contributed by atoms with Gasteiger partial charge in [0, 0.05) is 32.2 Å². The van der Waals surface area contributed by atoms with Crippen LogP contribution in [0.4, 0.5) is 0 Å². The van der Waals surface area contributed by atoms with Crippen LogP contribution in [0.2, 0.25) is 0 Å². The number of rotatable bonds is 8. The number of hydrogen-bond acceptors (Lipinski definition) is 3. The summed E-state index contributed by atoms with van der Waals surface area (Å²) in [6.45, 7) is 10.7. The second kappa shape index (κ2) is 8.48. The summed E-state index contributed by atoms with van der Waals surface area (Å²) in [6.07, 6.45) is 1.16. The molecule has 0 saturated carbocycles. The van der Waals surface area contributed by atoms with Crippen molar-refractivity contribution >= 4 is 5.91 Å². The number of amides is 1. The molecule has 0 saturated heterocycles. The number of nitrogens with zero attached hydrogens (tertiary/aromatic N) is 2. The van der Waals surface area contributed by atoms with E-state index in [-0.39, 0.29) is 11.9 Å². The highest BCUT2D eigenvalue weighted by Gasteiger charge is 2.11. The van der Waals surface area contributed by atoms with E-state index in [0.717, 1.165) is 19.5 Å². The molecule has 0 aliphatic carbocycles. The Labute approximate surface area is 106 Å². The highest BCUT2D eigenvalue weighted by molar-refractivity contribution is 5.78. The topological polar surface area (TPSA) is 35.6 Å². The van der Waals surface area contributed by atoms with E-state index in [2.05, 4.69) is 31.1 Å². The number of likely N-dealkylation sites (N-methyl/N-ethyl adjacent to an activating group) is 2. The Bertz CT molecular complexity index is 219. The summed E-state index contributed by atoms with van der Waals surface area (Å²) in [6, 6.07) is 0.873. The highest BCUT2D eigenvalue weighted by Crippen LogP contribution is 1.98. The van der Waals surface area contributed by atoms with Crippen molar-refractivity contribution in [3.8, 4) is 0 Å². The van der Waals surface area contributed by atoms with Crippen LogP contribution in [0.15, 0.2) is 0 Å². The number of carbonyl (C=O) groups is 1. The quantitative estimate of drug-likeness (QED) is 0.650. The largest absolute Gasteiger partial charge is 0.342 e. The predicted octanol–water partition coefficient (Wildman–Crippen LogP) is 1.17. The Balaban J connectivity index is 3.68. The molecule has 0 aromatic rings. The second-order valence-corrected chi connectivity index (χ2v) is 5.01. The van der Waals surface area contributed by atoms with Crippen LogP contribution in [0.1, 0.15) is 34.1 Å². The van der Waals surface area contributed by atoms with Gasteiger partial charge in [0.05, 0.1) is 6.54 Å². The molecule has 102 valence electrons. The molecule has 0 aromatic heterocycles. The standard InChI is InChI=1S/C13H29N3O/c1-7-12(4)15(5)9-8-14-10-13(17)16(6)11(2)3/h11-12,14H,7-10H2,1-6H3. The number of hydrogen-bond donors (Lipinski definition) is 1. The van der Waals surface area contributed by atoms with Crippen LogP contribution in [-0.4, -0.2) is 61.5 Å². The first-order chi connectivity index (χ1) is 7.90. The zero-order chi connectivity index (χ0) is 13.4. The van der Waals surface area contributed by atoms with Gasteiger partial charge in [0.1, 0.15) is 0 Å². The van der Waals surface area contributed by atoms with Crippen molar-refractivity contribution in [3.63, 3.8) is 0 Å². The van der Waals surface area contributed by atoms with Crippen LogP contribution >= 0.6 is 0 Å². The third kappa shape index (κ3) is 6.64. The van der Waals surface area contributed by atoms with Gasteiger partial charge in [-0.3, -0.25) is 4.79 Å². The van der Waals surface area contributed by atoms with Crippen molar-refractivity contribution in [3.05, 3.63) is 0 Å². The summed E-state index contributed by atoms with van der Waals surface area (Å²) in [7, 11) is 3.97. The fraction of sp³-hybridized carbons (Fsp3) is 0.923. The minimum atomic E-state index is 0.159. The SMILES string of the molecule is CCC(C)N(C)CCNCC(=O)N(C)C(C)C. The normalized spacial score (nSPS) is 13.2. The van der Waals surface area contributed by atoms with Crippen molar-refractivity contribution in [2.24, 2.45) is 0 Å². The lowest BCUT2D eigenvalue weighted by Gasteiger charge is -2.24. The smallest absolute Gasteiger partial charge is 0.236 e. The van der Waals surface area contributed by atoms with Gasteiger partial charge in [-0.05, 0) is 34.2 Å². The fourth-order valence-corrected chi connectivity index (χ4v) is 1.40. The van der Waals surface area contributed by atoms with Crippen molar-refractivity contribution in [1.29, 1.82) is 0 Å². The van der Waals surface area contributed by atoms with Gasteiger partial charge in [-0.15, -0.1) is 0 Å². The summed E-state index contributed by atoms with van der Waals surface area (Å²) in [5.74, 6) is 0.159. The van der Waals surface area contributed by atoms with Gasteiger partial charge in [0.15, 0.2) is 0 Å². The van der Waals surface area contributed by atoms with E-state index < -0.39 is 0 Å². The maximum Gasteiger partial charge on any atom is 0.236 e. The van der Waals surface area contributed by atoms with Gasteiger partial charge < -0.3 is 15.1 Å². The second-order valence-electron chi connectivity index (χ2n) is 5.01. The van der Waals surface area contributed by atoms with Crippen molar-refractivity contribution in [2.75, 3.05) is 33.7 Å². The van der Waals surface area contributed by atoms with E-state index >= 15 is 0 Å². The molecule has 0 fully saturated rings. The predicted molar refractivity (Wildman–Crippen MR) is 73.2 cm³/mol. The lowest BCUT2D eigenvalue weighted by atomic mass is 10.2. The molecule has 0 bridgehead atoms. The molecule has 0 aliphatic rings. The molecule has 0 aromatic carbocycles. The molecule has 4 heteroatoms. The Morgan fingerprint density at radius 3 is 2.29 bits per heavy atom. The van der Waals surface area contributed by atoms with Gasteiger partial charge in [-0.2, -0.15) is 0 Å². The molecule has 4 nitrogen and oxygen atoms in total. The molecule has 0 spiro atoms. The van der Waals surface area contributed by atoms with Crippen LogP contribution in [0, 0.1) is 0 Å². The summed E-state index contributed by atoms with van der Waals surface area (Å²) < 4.78 is 0. The summed E-state index contributed by atoms with van der Waals surface area (Å²) in [5, 5.41) is 3.20. The lowest BCUT2D eigenvalue weighted by Crippen LogP contribution is -2.42. The third-order valence-corrected chi connectivity index (χ3v) is 3.43. The monoisotopic (exact) mass is 243 g/mol. The molecule has 1 amide bonds. The van der Waals surface area contributed by atoms with Crippen LogP contribution < -0.4 is 5.32 Å². The zero-order valence-electron chi connectivity index (χ0n) is 12.3. The van der Waals surface area contributed by atoms with Crippen LogP contribution in [0.5, 0.6) is 0 Å². The van der Waals surface area contributed by atoms with E-state index in [4.69, 9.17) is 0 Å². The van der Waals surface area contributed by atoms with E-state index in [1.807, 2.05) is 20.9 Å². The Kier molecular flexibility index (Phi) is 8.17. The molecular formula is C13H29N3O. The van der Waals surface area contributed by atoms with Gasteiger partial charge in [0.2, 0.25) is 5.91 Å². The summed E-state index contributed by atoms with van der Waals surface area (Å²) in [5.41, 5.74) is 0. The number of nitrogens with one attached hydrogen (secondary N) is 1. The zero-order valence-corrected chi connectivity index (χ0v) is 12.3. The Hall–Kier alpha value is -0.610. The van der Waals surface area contributed by atoms with Crippen LogP contribution in [0.25, 0.3) is 0 Å². The third-order valence-electron chi connectivity index (χ3n) is 3.43. The lowest BCUT2D eigenvalue weighted by molar-refractivity contribution is -0.130. The first-order valence-corrected chi connectivity index (χ1v) is 6.56. The van der Waals surface area contributed by atoms with E-state index in [0.29, 0.717) is 12.6 Å². The molecular weight excluding hydrogens is 214 g/mol. The highest BCUT2D eigenvalue weighted by atomic mass is 16.2. The van der Waals surface area contributed by atoms with Gasteiger partial charge in [0.25, 0.3) is 0 Å². The summed E-state index contributed by atoms with van der Waals surface area (Å²) >= 11 is 0.